The predicted octanol–water partition coefficient (Wildman–Crippen LogP) is 4.51. The summed E-state index contributed by atoms with van der Waals surface area (Å²) in [6, 6.07) is 8.95. The maximum Gasteiger partial charge on any atom is 0.252 e. The molecule has 45 heavy (non-hydrogen) atoms. The molecule has 0 fully saturated rings. The lowest BCUT2D eigenvalue weighted by atomic mass is 9.98. The Balaban J connectivity index is 2.21. The molecule has 0 bridgehead atoms. The van der Waals surface area contributed by atoms with Crippen molar-refractivity contribution in [2.45, 2.75) is 115 Å². The Hall–Kier alpha value is -2.90. The van der Waals surface area contributed by atoms with Crippen molar-refractivity contribution in [1.29, 1.82) is 0 Å². The number of hydrogen-bond donors (Lipinski definition) is 6. The number of unbranched alkanes of at least 4 members (excludes halogenated alkanes) is 10. The first-order valence-electron chi connectivity index (χ1n) is 16.0. The lowest BCUT2D eigenvalue weighted by Gasteiger charge is -2.20. The van der Waals surface area contributed by atoms with E-state index in [2.05, 4.69) is 13.8 Å². The molecule has 2 aromatic carbocycles. The van der Waals surface area contributed by atoms with Gasteiger partial charge < -0.3 is 30.6 Å². The SMILES string of the molecule is CCCCCCCCc1ccc(OOOc2ccc(CCCCCCCC)cc2C(=O)C(O)(O)CO)c(C(=O)C(O)(O)CO)c1. The van der Waals surface area contributed by atoms with E-state index < -0.39 is 36.4 Å². The molecule has 0 unspecified atom stereocenters. The number of aryl methyl sites for hydroxylation is 2. The van der Waals surface area contributed by atoms with E-state index in [1.807, 2.05) is 0 Å². The smallest absolute Gasteiger partial charge is 0.252 e. The Morgan fingerprint density at radius 1 is 0.578 bits per heavy atom. The van der Waals surface area contributed by atoms with E-state index in [9.17, 15) is 40.2 Å². The van der Waals surface area contributed by atoms with Crippen LogP contribution in [0.15, 0.2) is 36.4 Å². The molecule has 0 radical (unpaired) electrons. The molecule has 11 heteroatoms. The first-order chi connectivity index (χ1) is 21.5. The summed E-state index contributed by atoms with van der Waals surface area (Å²) >= 11 is 0. The first-order valence-corrected chi connectivity index (χ1v) is 16.0. The van der Waals surface area contributed by atoms with E-state index in [0.29, 0.717) is 12.8 Å². The van der Waals surface area contributed by atoms with Crippen LogP contribution in [0.3, 0.4) is 0 Å². The zero-order valence-corrected chi connectivity index (χ0v) is 26.5. The summed E-state index contributed by atoms with van der Waals surface area (Å²) in [5, 5.41) is 63.6. The van der Waals surface area contributed by atoms with Crippen LogP contribution in [0.25, 0.3) is 0 Å². The van der Waals surface area contributed by atoms with Crippen molar-refractivity contribution in [2.75, 3.05) is 13.2 Å². The minimum Gasteiger partial charge on any atom is -0.390 e. The highest BCUT2D eigenvalue weighted by atomic mass is 17.5. The summed E-state index contributed by atoms with van der Waals surface area (Å²) in [6.45, 7) is 1.78. The minimum atomic E-state index is -3.07. The molecule has 0 saturated heterocycles. The number of benzene rings is 2. The average Bonchev–Trinajstić information content (AvgIpc) is 3.04. The number of aliphatic hydroxyl groups excluding tert-OH is 2. The van der Waals surface area contributed by atoms with E-state index in [1.54, 1.807) is 12.1 Å². The maximum atomic E-state index is 12.9. The Bertz CT molecular complexity index is 1100. The summed E-state index contributed by atoms with van der Waals surface area (Å²) < 4.78 is 0. The summed E-state index contributed by atoms with van der Waals surface area (Å²) in [5.41, 5.74) is 0.903. The van der Waals surface area contributed by atoms with E-state index in [0.717, 1.165) is 75.3 Å². The minimum absolute atomic E-state index is 0.255. The lowest BCUT2D eigenvalue weighted by molar-refractivity contribution is -0.411. The van der Waals surface area contributed by atoms with Gasteiger partial charge in [0.05, 0.1) is 11.1 Å². The third-order valence-electron chi connectivity index (χ3n) is 7.63. The van der Waals surface area contributed by atoms with Crippen LogP contribution >= 0.6 is 0 Å². The first kappa shape index (κ1) is 38.3. The van der Waals surface area contributed by atoms with Crippen LogP contribution in [0, 0.1) is 0 Å². The quantitative estimate of drug-likeness (QED) is 0.0314. The second-order valence-corrected chi connectivity index (χ2v) is 11.5. The van der Waals surface area contributed by atoms with Gasteiger partial charge in [-0.25, -0.2) is 0 Å². The second kappa shape index (κ2) is 19.6. The number of ketones is 2. The zero-order chi connectivity index (χ0) is 33.3. The van der Waals surface area contributed by atoms with E-state index in [4.69, 9.17) is 14.8 Å². The van der Waals surface area contributed by atoms with Gasteiger partial charge in [0.15, 0.2) is 11.5 Å². The highest BCUT2D eigenvalue weighted by Crippen LogP contribution is 2.28. The predicted molar refractivity (Wildman–Crippen MR) is 167 cm³/mol. The van der Waals surface area contributed by atoms with Crippen molar-refractivity contribution < 1.29 is 55.0 Å². The molecule has 0 aromatic heterocycles. The van der Waals surface area contributed by atoms with Gasteiger partial charge in [0.25, 0.3) is 11.6 Å². The monoisotopic (exact) mass is 634 g/mol. The molecule has 0 aliphatic carbocycles. The van der Waals surface area contributed by atoms with Crippen molar-refractivity contribution in [2.24, 2.45) is 0 Å². The van der Waals surface area contributed by atoms with Crippen molar-refractivity contribution in [3.8, 4) is 11.5 Å². The van der Waals surface area contributed by atoms with Crippen LogP contribution in [0.2, 0.25) is 0 Å². The van der Waals surface area contributed by atoms with Crippen molar-refractivity contribution in [1.82, 2.24) is 0 Å². The van der Waals surface area contributed by atoms with Gasteiger partial charge in [-0.05, 0) is 61.1 Å². The Morgan fingerprint density at radius 2 is 0.933 bits per heavy atom. The van der Waals surface area contributed by atoms with Gasteiger partial charge in [-0.15, -0.1) is 0 Å². The molecule has 0 amide bonds. The molecule has 252 valence electrons. The number of rotatable bonds is 24. The Labute approximate surface area is 265 Å². The fourth-order valence-corrected chi connectivity index (χ4v) is 4.85. The van der Waals surface area contributed by atoms with E-state index in [1.165, 1.54) is 37.1 Å². The number of Topliss-reactive ketones (excluding diaryl/α,β-unsaturated/α-hetero) is 2. The van der Waals surface area contributed by atoms with Gasteiger partial charge in [0.2, 0.25) is 11.6 Å². The number of carbonyl (C=O) groups is 2. The lowest BCUT2D eigenvalue weighted by Crippen LogP contribution is -2.42. The molecule has 0 spiro atoms. The van der Waals surface area contributed by atoms with Crippen molar-refractivity contribution in [3.63, 3.8) is 0 Å². The average molecular weight is 635 g/mol. The van der Waals surface area contributed by atoms with Crippen LogP contribution < -0.4 is 9.78 Å². The molecule has 0 aliphatic heterocycles. The van der Waals surface area contributed by atoms with Crippen LogP contribution in [0.4, 0.5) is 0 Å². The van der Waals surface area contributed by atoms with Crippen LogP contribution in [0.1, 0.15) is 123 Å². The Morgan fingerprint density at radius 3 is 1.29 bits per heavy atom. The molecule has 0 aliphatic rings. The molecule has 0 saturated carbocycles. The molecular weight excluding hydrogens is 584 g/mol. The van der Waals surface area contributed by atoms with Gasteiger partial charge in [-0.1, -0.05) is 90.2 Å². The van der Waals surface area contributed by atoms with Crippen molar-refractivity contribution in [3.05, 3.63) is 58.7 Å². The molecule has 2 rings (SSSR count). The molecule has 2 aromatic rings. The number of aliphatic hydroxyl groups is 6. The maximum absolute atomic E-state index is 12.9. The van der Waals surface area contributed by atoms with Gasteiger partial charge in [0.1, 0.15) is 13.2 Å². The number of hydrogen-bond acceptors (Lipinski definition) is 11. The summed E-state index contributed by atoms with van der Waals surface area (Å²) in [5.74, 6) is -9.10. The molecule has 6 N–H and O–H groups in total. The van der Waals surface area contributed by atoms with Gasteiger partial charge >= 0.3 is 0 Å². The third kappa shape index (κ3) is 12.4. The van der Waals surface area contributed by atoms with E-state index >= 15 is 0 Å². The summed E-state index contributed by atoms with van der Waals surface area (Å²) in [4.78, 5) is 36.1. The largest absolute Gasteiger partial charge is 0.390 e. The third-order valence-corrected chi connectivity index (χ3v) is 7.63. The molecule has 0 heterocycles. The van der Waals surface area contributed by atoms with Gasteiger partial charge in [-0.2, -0.15) is 0 Å². The van der Waals surface area contributed by atoms with Crippen LogP contribution in [-0.4, -0.2) is 67.0 Å². The normalized spacial score (nSPS) is 11.9. The zero-order valence-electron chi connectivity index (χ0n) is 26.5. The van der Waals surface area contributed by atoms with Crippen LogP contribution in [-0.2, 0) is 17.9 Å². The topological polar surface area (TPSA) is 183 Å². The van der Waals surface area contributed by atoms with Gasteiger partial charge in [-0.3, -0.25) is 19.4 Å². The fraction of sp³-hybridized carbons (Fsp3) is 0.588. The fourth-order valence-electron chi connectivity index (χ4n) is 4.85. The highest BCUT2D eigenvalue weighted by Gasteiger charge is 2.37. The van der Waals surface area contributed by atoms with Crippen LogP contribution in [0.5, 0.6) is 11.5 Å². The summed E-state index contributed by atoms with van der Waals surface area (Å²) in [6.07, 6.45) is 14.0. The van der Waals surface area contributed by atoms with Gasteiger partial charge in [0, 0.05) is 5.04 Å². The molecule has 0 atom stereocenters. The summed E-state index contributed by atoms with van der Waals surface area (Å²) in [7, 11) is 0. The Kier molecular flexibility index (Phi) is 16.7. The standard InChI is InChI=1S/C34H50O11/c1-3-5-7-9-11-13-15-25-17-19-29(27(21-25)31(37)33(39,40)23-35)43-45-44-30-20-18-26(16-14-12-10-8-6-4-2)22-28(30)32(38)34(41,42)24-36/h17-22,35-36,39-42H,3-16,23-24H2,1-2H3. The second-order valence-electron chi connectivity index (χ2n) is 11.5. The molecule has 11 nitrogen and oxygen atoms in total. The van der Waals surface area contributed by atoms with Crippen molar-refractivity contribution >= 4 is 11.6 Å². The van der Waals surface area contributed by atoms with E-state index in [-0.39, 0.29) is 22.6 Å². The highest BCUT2D eigenvalue weighted by molar-refractivity contribution is 6.04. The number of carbonyl (C=O) groups excluding carboxylic acids is 2. The molecular formula is C34H50O11.